The summed E-state index contributed by atoms with van der Waals surface area (Å²) in [6.07, 6.45) is 4.81. The highest BCUT2D eigenvalue weighted by Crippen LogP contribution is 2.30. The average molecular weight is 333 g/mol. The minimum Gasteiger partial charge on any atom is -0.398 e. The summed E-state index contributed by atoms with van der Waals surface area (Å²) in [7, 11) is -3.72. The van der Waals surface area contributed by atoms with E-state index >= 15 is 0 Å². The van der Waals surface area contributed by atoms with Crippen molar-refractivity contribution in [2.24, 2.45) is 0 Å². The van der Waals surface area contributed by atoms with E-state index in [4.69, 9.17) is 17.3 Å². The van der Waals surface area contributed by atoms with E-state index in [0.717, 1.165) is 32.1 Å². The molecule has 0 amide bonds. The summed E-state index contributed by atoms with van der Waals surface area (Å²) in [6, 6.07) is 4.32. The molecule has 1 aliphatic rings. The molecule has 0 heterocycles. The van der Waals surface area contributed by atoms with E-state index in [9.17, 15) is 13.5 Å². The van der Waals surface area contributed by atoms with Crippen LogP contribution in [-0.4, -0.2) is 37.0 Å². The smallest absolute Gasteiger partial charge is 0.245 e. The second-order valence-corrected chi connectivity index (χ2v) is 7.61. The molecular formula is C14H21ClN2O3S. The van der Waals surface area contributed by atoms with Crippen LogP contribution in [0.1, 0.15) is 32.1 Å². The van der Waals surface area contributed by atoms with E-state index in [1.807, 2.05) is 0 Å². The maximum absolute atomic E-state index is 12.8. The maximum Gasteiger partial charge on any atom is 0.245 e. The number of rotatable bonds is 5. The maximum atomic E-state index is 12.8. The highest BCUT2D eigenvalue weighted by atomic mass is 35.5. The molecule has 1 aliphatic carbocycles. The zero-order valence-electron chi connectivity index (χ0n) is 11.8. The lowest BCUT2D eigenvalue weighted by Gasteiger charge is -2.33. The van der Waals surface area contributed by atoms with Crippen LogP contribution in [0.3, 0.4) is 0 Å². The number of hydrogen-bond donors (Lipinski definition) is 2. The fraction of sp³-hybridized carbons (Fsp3) is 0.571. The molecule has 0 aromatic heterocycles. The lowest BCUT2D eigenvalue weighted by atomic mass is 9.95. The molecule has 3 N–H and O–H groups in total. The number of aliphatic hydroxyl groups excluding tert-OH is 1. The van der Waals surface area contributed by atoms with Crippen LogP contribution in [0.4, 0.5) is 5.69 Å². The lowest BCUT2D eigenvalue weighted by molar-refractivity contribution is 0.199. The molecule has 0 atom stereocenters. The number of benzene rings is 1. The Morgan fingerprint density at radius 2 is 1.95 bits per heavy atom. The number of nitrogens with zero attached hydrogens (tertiary/aromatic N) is 1. The van der Waals surface area contributed by atoms with Crippen LogP contribution in [0.5, 0.6) is 0 Å². The number of sulfonamides is 1. The predicted molar refractivity (Wildman–Crippen MR) is 83.7 cm³/mol. The van der Waals surface area contributed by atoms with Crippen molar-refractivity contribution in [2.75, 3.05) is 18.9 Å². The molecule has 1 saturated carbocycles. The molecular weight excluding hydrogens is 312 g/mol. The van der Waals surface area contributed by atoms with Gasteiger partial charge >= 0.3 is 0 Å². The first-order valence-corrected chi connectivity index (χ1v) is 8.96. The number of nitrogen functional groups attached to an aromatic ring is 1. The Kier molecular flexibility index (Phi) is 5.48. The highest BCUT2D eigenvalue weighted by molar-refractivity contribution is 7.89. The number of halogens is 1. The van der Waals surface area contributed by atoms with Crippen LogP contribution in [0.2, 0.25) is 5.02 Å². The zero-order valence-corrected chi connectivity index (χ0v) is 13.4. The van der Waals surface area contributed by atoms with Gasteiger partial charge in [-0.05, 0) is 31.0 Å². The van der Waals surface area contributed by atoms with Gasteiger partial charge in [-0.2, -0.15) is 4.31 Å². The van der Waals surface area contributed by atoms with Crippen LogP contribution < -0.4 is 5.73 Å². The Morgan fingerprint density at radius 1 is 1.29 bits per heavy atom. The fourth-order valence-corrected chi connectivity index (χ4v) is 4.80. The van der Waals surface area contributed by atoms with E-state index in [-0.39, 0.29) is 29.8 Å². The second-order valence-electron chi connectivity index (χ2n) is 5.31. The molecule has 118 valence electrons. The van der Waals surface area contributed by atoms with E-state index in [1.54, 1.807) is 0 Å². The lowest BCUT2D eigenvalue weighted by Crippen LogP contribution is -2.43. The Hall–Kier alpha value is -0.820. The van der Waals surface area contributed by atoms with Crippen molar-refractivity contribution in [3.8, 4) is 0 Å². The normalized spacial score (nSPS) is 17.3. The molecule has 0 spiro atoms. The van der Waals surface area contributed by atoms with Gasteiger partial charge in [0, 0.05) is 17.6 Å². The molecule has 0 saturated heterocycles. The monoisotopic (exact) mass is 332 g/mol. The molecule has 0 aliphatic heterocycles. The van der Waals surface area contributed by atoms with Crippen LogP contribution in [0.25, 0.3) is 0 Å². The summed E-state index contributed by atoms with van der Waals surface area (Å²) >= 11 is 5.83. The highest BCUT2D eigenvalue weighted by Gasteiger charge is 2.33. The van der Waals surface area contributed by atoms with E-state index in [2.05, 4.69) is 0 Å². The standard InChI is InChI=1S/C14H21ClN2O3S/c15-11-6-7-14(13(16)10-11)21(19,20)17(8-9-18)12-4-2-1-3-5-12/h6-7,10,12,18H,1-5,8-9,16H2. The molecule has 21 heavy (non-hydrogen) atoms. The van der Waals surface area contributed by atoms with E-state index < -0.39 is 10.0 Å². The number of aliphatic hydroxyl groups is 1. The third-order valence-corrected chi connectivity index (χ3v) is 6.12. The van der Waals surface area contributed by atoms with Crippen molar-refractivity contribution in [2.45, 2.75) is 43.0 Å². The van der Waals surface area contributed by atoms with Crippen molar-refractivity contribution >= 4 is 27.3 Å². The van der Waals surface area contributed by atoms with Gasteiger partial charge in [-0.25, -0.2) is 8.42 Å². The van der Waals surface area contributed by atoms with Crippen LogP contribution >= 0.6 is 11.6 Å². The molecule has 0 radical (unpaired) electrons. The number of anilines is 1. The summed E-state index contributed by atoms with van der Waals surface area (Å²) in [4.78, 5) is 0.0610. The Labute approximate surface area is 130 Å². The van der Waals surface area contributed by atoms with Crippen molar-refractivity contribution in [1.82, 2.24) is 4.31 Å². The quantitative estimate of drug-likeness (QED) is 0.810. The van der Waals surface area contributed by atoms with Gasteiger partial charge in [0.15, 0.2) is 0 Å². The molecule has 1 aromatic carbocycles. The first-order valence-electron chi connectivity index (χ1n) is 7.14. The number of hydrogen-bond acceptors (Lipinski definition) is 4. The zero-order chi connectivity index (χ0) is 15.5. The van der Waals surface area contributed by atoms with Gasteiger partial charge < -0.3 is 10.8 Å². The van der Waals surface area contributed by atoms with Crippen LogP contribution in [0.15, 0.2) is 23.1 Å². The minimum atomic E-state index is -3.72. The second kappa shape index (κ2) is 6.96. The van der Waals surface area contributed by atoms with E-state index in [0.29, 0.717) is 5.02 Å². The van der Waals surface area contributed by atoms with Crippen molar-refractivity contribution in [3.63, 3.8) is 0 Å². The average Bonchev–Trinajstić information content (AvgIpc) is 2.45. The first-order chi connectivity index (χ1) is 9.96. The van der Waals surface area contributed by atoms with E-state index in [1.165, 1.54) is 22.5 Å². The molecule has 0 unspecified atom stereocenters. The number of nitrogens with two attached hydrogens (primary N) is 1. The molecule has 7 heteroatoms. The van der Waals surface area contributed by atoms with Crippen molar-refractivity contribution in [1.29, 1.82) is 0 Å². The molecule has 5 nitrogen and oxygen atoms in total. The van der Waals surface area contributed by atoms with Gasteiger partial charge in [0.05, 0.1) is 12.3 Å². The van der Waals surface area contributed by atoms with Crippen molar-refractivity contribution < 1.29 is 13.5 Å². The summed E-state index contributed by atoms with van der Waals surface area (Å²) < 4.78 is 27.1. The Bertz CT molecular complexity index is 586. The molecule has 1 aromatic rings. The summed E-state index contributed by atoms with van der Waals surface area (Å²) in [5.74, 6) is 0. The summed E-state index contributed by atoms with van der Waals surface area (Å²) in [6.45, 7) is -0.113. The fourth-order valence-electron chi connectivity index (χ4n) is 2.85. The van der Waals surface area contributed by atoms with Gasteiger partial charge in [-0.1, -0.05) is 30.9 Å². The topological polar surface area (TPSA) is 83.6 Å². The third-order valence-electron chi connectivity index (χ3n) is 3.86. The third kappa shape index (κ3) is 3.69. The Morgan fingerprint density at radius 3 is 2.52 bits per heavy atom. The van der Waals surface area contributed by atoms with Crippen molar-refractivity contribution in [3.05, 3.63) is 23.2 Å². The summed E-state index contributed by atoms with van der Waals surface area (Å²) in [5, 5.41) is 9.63. The molecule has 0 bridgehead atoms. The Balaban J connectivity index is 2.36. The molecule has 2 rings (SSSR count). The minimum absolute atomic E-state index is 0.0610. The van der Waals surface area contributed by atoms with Gasteiger partial charge in [0.25, 0.3) is 0 Å². The van der Waals surface area contributed by atoms with Crippen LogP contribution in [0, 0.1) is 0 Å². The predicted octanol–water partition coefficient (Wildman–Crippen LogP) is 2.24. The van der Waals surface area contributed by atoms with Crippen LogP contribution in [-0.2, 0) is 10.0 Å². The van der Waals surface area contributed by atoms with Gasteiger partial charge in [0.1, 0.15) is 4.90 Å². The molecule has 1 fully saturated rings. The largest absolute Gasteiger partial charge is 0.398 e. The van der Waals surface area contributed by atoms with Gasteiger partial charge in [0.2, 0.25) is 10.0 Å². The SMILES string of the molecule is Nc1cc(Cl)ccc1S(=O)(=O)N(CCO)C1CCCCC1. The van der Waals surface area contributed by atoms with Gasteiger partial charge in [-0.3, -0.25) is 0 Å². The summed E-state index contributed by atoms with van der Waals surface area (Å²) in [5.41, 5.74) is 5.96. The first kappa shape index (κ1) is 16.5. The van der Waals surface area contributed by atoms with Gasteiger partial charge in [-0.15, -0.1) is 0 Å².